The van der Waals surface area contributed by atoms with Crippen LogP contribution >= 0.6 is 23.2 Å². The number of nitrogens with zero attached hydrogens (tertiary/aromatic N) is 1. The molecule has 0 unspecified atom stereocenters. The van der Waals surface area contributed by atoms with Gasteiger partial charge < -0.3 is 10.8 Å². The second-order valence-electron chi connectivity index (χ2n) is 2.96. The number of benzene rings is 1. The van der Waals surface area contributed by atoms with Crippen molar-refractivity contribution in [1.29, 1.82) is 0 Å². The van der Waals surface area contributed by atoms with Gasteiger partial charge in [-0.2, -0.15) is 5.10 Å². The van der Waals surface area contributed by atoms with Crippen LogP contribution in [0.15, 0.2) is 17.2 Å². The van der Waals surface area contributed by atoms with Gasteiger partial charge in [0.2, 0.25) is 0 Å². The number of nitrogens with one attached hydrogen (secondary N) is 1. The van der Waals surface area contributed by atoms with E-state index in [1.165, 1.54) is 12.1 Å². The van der Waals surface area contributed by atoms with Crippen LogP contribution in [0.4, 0.5) is 4.79 Å². The molecule has 0 saturated carbocycles. The van der Waals surface area contributed by atoms with Crippen molar-refractivity contribution in [3.8, 4) is 5.75 Å². The van der Waals surface area contributed by atoms with E-state index in [1.54, 1.807) is 6.92 Å². The van der Waals surface area contributed by atoms with Crippen molar-refractivity contribution in [1.82, 2.24) is 5.43 Å². The number of urea groups is 1. The lowest BCUT2D eigenvalue weighted by Gasteiger charge is -2.06. The summed E-state index contributed by atoms with van der Waals surface area (Å²) in [6.45, 7) is 1.57. The maximum absolute atomic E-state index is 10.4. The molecule has 0 fully saturated rings. The molecule has 0 aromatic heterocycles. The van der Waals surface area contributed by atoms with Crippen molar-refractivity contribution in [2.45, 2.75) is 6.92 Å². The minimum Gasteiger partial charge on any atom is -0.506 e. The zero-order valence-corrected chi connectivity index (χ0v) is 9.80. The number of rotatable bonds is 2. The molecule has 1 aromatic carbocycles. The third-order valence-corrected chi connectivity index (χ3v) is 2.26. The van der Waals surface area contributed by atoms with Crippen LogP contribution in [0.2, 0.25) is 10.0 Å². The first-order valence-electron chi connectivity index (χ1n) is 4.20. The molecule has 0 aliphatic carbocycles. The normalized spacial score (nSPS) is 11.3. The predicted molar refractivity (Wildman–Crippen MR) is 63.1 cm³/mol. The molecule has 0 aliphatic heterocycles. The number of hydrogen-bond acceptors (Lipinski definition) is 3. The average Bonchev–Trinajstić information content (AvgIpc) is 2.19. The zero-order chi connectivity index (χ0) is 12.3. The van der Waals surface area contributed by atoms with Crippen LogP contribution in [0, 0.1) is 0 Å². The molecular weight excluding hydrogens is 253 g/mol. The number of hydrazone groups is 1. The number of carbonyl (C=O) groups excluding carboxylic acids is 1. The number of carbonyl (C=O) groups is 1. The summed E-state index contributed by atoms with van der Waals surface area (Å²) >= 11 is 11.5. The number of halogens is 2. The standard InChI is InChI=1S/C9H9Cl2N3O2/c1-4(13-14-9(12)16)6-2-5(10)3-7(11)8(6)15/h2-3,15H,1H3,(H3,12,14,16)/b13-4+. The van der Waals surface area contributed by atoms with Gasteiger partial charge in [0.05, 0.1) is 10.7 Å². The van der Waals surface area contributed by atoms with E-state index in [4.69, 9.17) is 28.9 Å². The van der Waals surface area contributed by atoms with Crippen LogP contribution in [0.3, 0.4) is 0 Å². The largest absolute Gasteiger partial charge is 0.506 e. The van der Waals surface area contributed by atoms with E-state index in [0.29, 0.717) is 16.3 Å². The number of amides is 2. The smallest absolute Gasteiger partial charge is 0.332 e. The Bertz CT molecular complexity index is 460. The second-order valence-corrected chi connectivity index (χ2v) is 3.80. The van der Waals surface area contributed by atoms with Gasteiger partial charge in [-0.1, -0.05) is 23.2 Å². The maximum Gasteiger partial charge on any atom is 0.332 e. The zero-order valence-electron chi connectivity index (χ0n) is 8.29. The number of nitrogens with two attached hydrogens (primary N) is 1. The molecule has 0 spiro atoms. The van der Waals surface area contributed by atoms with Crippen LogP contribution in [-0.4, -0.2) is 16.8 Å². The van der Waals surface area contributed by atoms with Gasteiger partial charge in [-0.05, 0) is 19.1 Å². The Morgan fingerprint density at radius 2 is 2.12 bits per heavy atom. The van der Waals surface area contributed by atoms with Crippen LogP contribution in [0.5, 0.6) is 5.75 Å². The summed E-state index contributed by atoms with van der Waals surface area (Å²) in [6, 6.07) is 2.08. The SMILES string of the molecule is C/C(=N\NC(N)=O)c1cc(Cl)cc(Cl)c1O. The van der Waals surface area contributed by atoms with E-state index in [9.17, 15) is 9.90 Å². The third kappa shape index (κ3) is 3.01. The highest BCUT2D eigenvalue weighted by atomic mass is 35.5. The molecule has 16 heavy (non-hydrogen) atoms. The third-order valence-electron chi connectivity index (χ3n) is 1.75. The number of primary amides is 1. The summed E-state index contributed by atoms with van der Waals surface area (Å²) in [5.41, 5.74) is 7.54. The molecule has 2 amide bonds. The van der Waals surface area contributed by atoms with E-state index in [-0.39, 0.29) is 10.8 Å². The lowest BCUT2D eigenvalue weighted by atomic mass is 10.1. The van der Waals surface area contributed by atoms with Gasteiger partial charge in [0, 0.05) is 10.6 Å². The van der Waals surface area contributed by atoms with E-state index in [0.717, 1.165) is 0 Å². The summed E-state index contributed by atoms with van der Waals surface area (Å²) in [7, 11) is 0. The molecule has 0 atom stereocenters. The van der Waals surface area contributed by atoms with Crippen molar-refractivity contribution < 1.29 is 9.90 Å². The fraction of sp³-hybridized carbons (Fsp3) is 0.111. The Kier molecular flexibility index (Phi) is 3.98. The van der Waals surface area contributed by atoms with Gasteiger partial charge in [-0.25, -0.2) is 10.2 Å². The quantitative estimate of drug-likeness (QED) is 0.562. The van der Waals surface area contributed by atoms with E-state index < -0.39 is 6.03 Å². The van der Waals surface area contributed by atoms with Gasteiger partial charge in [-0.3, -0.25) is 0 Å². The highest BCUT2D eigenvalue weighted by Gasteiger charge is 2.10. The first-order chi connectivity index (χ1) is 7.41. The Morgan fingerprint density at radius 1 is 1.50 bits per heavy atom. The summed E-state index contributed by atoms with van der Waals surface area (Å²) in [5.74, 6) is -0.154. The Balaban J connectivity index is 3.12. The number of hydrogen-bond donors (Lipinski definition) is 3. The number of aromatic hydroxyl groups is 1. The van der Waals surface area contributed by atoms with Crippen molar-refractivity contribution >= 4 is 34.9 Å². The fourth-order valence-electron chi connectivity index (χ4n) is 1.04. The maximum atomic E-state index is 10.4. The molecule has 0 saturated heterocycles. The van der Waals surface area contributed by atoms with Crippen molar-refractivity contribution in [2.24, 2.45) is 10.8 Å². The van der Waals surface area contributed by atoms with Gasteiger partial charge in [-0.15, -0.1) is 0 Å². The van der Waals surface area contributed by atoms with Gasteiger partial charge in [0.1, 0.15) is 5.75 Å². The fourth-order valence-corrected chi connectivity index (χ4v) is 1.53. The highest BCUT2D eigenvalue weighted by molar-refractivity contribution is 6.36. The van der Waals surface area contributed by atoms with E-state index >= 15 is 0 Å². The van der Waals surface area contributed by atoms with Crippen molar-refractivity contribution in [3.63, 3.8) is 0 Å². The lowest BCUT2D eigenvalue weighted by Crippen LogP contribution is -2.25. The van der Waals surface area contributed by atoms with Crippen LogP contribution in [0.1, 0.15) is 12.5 Å². The summed E-state index contributed by atoms with van der Waals surface area (Å²) in [5, 5.41) is 13.8. The number of phenolic OH excluding ortho intramolecular Hbond substituents is 1. The summed E-state index contributed by atoms with van der Waals surface area (Å²) in [4.78, 5) is 10.4. The molecular formula is C9H9Cl2N3O2. The Hall–Kier alpha value is -1.46. The second kappa shape index (κ2) is 5.05. The molecule has 0 bridgehead atoms. The average molecular weight is 262 g/mol. The minimum atomic E-state index is -0.799. The predicted octanol–water partition coefficient (Wildman–Crippen LogP) is 2.09. The van der Waals surface area contributed by atoms with Gasteiger partial charge in [0.15, 0.2) is 0 Å². The minimum absolute atomic E-state index is 0.108. The highest BCUT2D eigenvalue weighted by Crippen LogP contribution is 2.31. The van der Waals surface area contributed by atoms with Crippen molar-refractivity contribution in [3.05, 3.63) is 27.7 Å². The molecule has 86 valence electrons. The molecule has 7 heteroatoms. The molecule has 0 aliphatic rings. The Labute approximate surface area is 102 Å². The summed E-state index contributed by atoms with van der Waals surface area (Å²) < 4.78 is 0. The van der Waals surface area contributed by atoms with Crippen molar-refractivity contribution in [2.75, 3.05) is 0 Å². The molecule has 1 rings (SSSR count). The molecule has 5 nitrogen and oxygen atoms in total. The first-order valence-corrected chi connectivity index (χ1v) is 4.95. The molecule has 1 aromatic rings. The van der Waals surface area contributed by atoms with Crippen LogP contribution < -0.4 is 11.2 Å². The van der Waals surface area contributed by atoms with Gasteiger partial charge >= 0.3 is 6.03 Å². The van der Waals surface area contributed by atoms with E-state index in [2.05, 4.69) is 5.10 Å². The molecule has 4 N–H and O–H groups in total. The first kappa shape index (κ1) is 12.6. The Morgan fingerprint density at radius 3 is 2.69 bits per heavy atom. The number of phenols is 1. The molecule has 0 radical (unpaired) electrons. The van der Waals surface area contributed by atoms with Gasteiger partial charge in [0.25, 0.3) is 0 Å². The topological polar surface area (TPSA) is 87.7 Å². The summed E-state index contributed by atoms with van der Waals surface area (Å²) in [6.07, 6.45) is 0. The molecule has 0 heterocycles. The van der Waals surface area contributed by atoms with Crippen LogP contribution in [0.25, 0.3) is 0 Å². The lowest BCUT2D eigenvalue weighted by molar-refractivity contribution is 0.249. The van der Waals surface area contributed by atoms with Crippen LogP contribution in [-0.2, 0) is 0 Å². The monoisotopic (exact) mass is 261 g/mol. The van der Waals surface area contributed by atoms with E-state index in [1.807, 2.05) is 5.43 Å².